The molecule has 2 aromatic carbocycles. The maximum absolute atomic E-state index is 11.4. The first-order valence-corrected chi connectivity index (χ1v) is 7.39. The Bertz CT molecular complexity index is 911. The molecule has 0 fully saturated rings. The lowest BCUT2D eigenvalue weighted by molar-refractivity contribution is 0.0693. The van der Waals surface area contributed by atoms with Gasteiger partial charge in [-0.15, -0.1) is 0 Å². The van der Waals surface area contributed by atoms with E-state index in [1.807, 2.05) is 36.4 Å². The van der Waals surface area contributed by atoms with Crippen molar-refractivity contribution in [1.29, 1.82) is 0 Å². The van der Waals surface area contributed by atoms with Crippen molar-refractivity contribution >= 4 is 29.0 Å². The van der Waals surface area contributed by atoms with Crippen molar-refractivity contribution < 1.29 is 14.6 Å². The zero-order valence-corrected chi connectivity index (χ0v) is 13.1. The van der Waals surface area contributed by atoms with Crippen LogP contribution in [0.5, 0.6) is 5.75 Å². The average molecular weight is 323 g/mol. The van der Waals surface area contributed by atoms with Crippen molar-refractivity contribution in [3.05, 3.63) is 58.8 Å². The molecule has 4 N–H and O–H groups in total. The van der Waals surface area contributed by atoms with Crippen LogP contribution in [0.15, 0.2) is 36.4 Å². The van der Waals surface area contributed by atoms with Gasteiger partial charge in [0.05, 0.1) is 23.7 Å². The molecule has 3 aromatic rings. The summed E-state index contributed by atoms with van der Waals surface area (Å²) in [5.41, 5.74) is 9.10. The van der Waals surface area contributed by atoms with E-state index in [0.717, 1.165) is 11.1 Å². The molecule has 1 heterocycles. The number of aromatic nitrogens is 2. The molecule has 0 saturated carbocycles. The highest BCUT2D eigenvalue weighted by Gasteiger charge is 2.17. The summed E-state index contributed by atoms with van der Waals surface area (Å²) in [5, 5.41) is 17.1. The second kappa shape index (κ2) is 6.55. The van der Waals surface area contributed by atoms with Gasteiger partial charge in [-0.2, -0.15) is 5.10 Å². The summed E-state index contributed by atoms with van der Waals surface area (Å²) in [4.78, 5) is 11.4. The molecule has 6 heteroatoms. The van der Waals surface area contributed by atoms with Gasteiger partial charge in [0, 0.05) is 6.54 Å². The number of nitrogens with two attached hydrogens (primary N) is 1. The van der Waals surface area contributed by atoms with Gasteiger partial charge in [0.1, 0.15) is 11.3 Å². The topological polar surface area (TPSA) is 101 Å². The van der Waals surface area contributed by atoms with Crippen molar-refractivity contribution in [2.45, 2.75) is 6.54 Å². The summed E-state index contributed by atoms with van der Waals surface area (Å²) in [6.07, 6.45) is 3.76. The Kier molecular flexibility index (Phi) is 4.31. The third kappa shape index (κ3) is 2.87. The molecule has 0 aliphatic heterocycles. The van der Waals surface area contributed by atoms with Gasteiger partial charge in [-0.25, -0.2) is 4.79 Å². The lowest BCUT2D eigenvalue weighted by Crippen LogP contribution is -2.00. The minimum atomic E-state index is -1.04. The van der Waals surface area contributed by atoms with Gasteiger partial charge in [0.15, 0.2) is 0 Å². The summed E-state index contributed by atoms with van der Waals surface area (Å²) in [6, 6.07) is 11.0. The number of benzene rings is 2. The molecule has 24 heavy (non-hydrogen) atoms. The molecule has 0 amide bonds. The molecule has 0 unspecified atom stereocenters. The fourth-order valence-electron chi connectivity index (χ4n) is 2.55. The van der Waals surface area contributed by atoms with E-state index >= 15 is 0 Å². The molecule has 122 valence electrons. The van der Waals surface area contributed by atoms with Crippen LogP contribution >= 0.6 is 0 Å². The second-order valence-electron chi connectivity index (χ2n) is 5.26. The molecular weight excluding hydrogens is 306 g/mol. The number of nitrogens with zero attached hydrogens (tertiary/aromatic N) is 1. The normalized spacial score (nSPS) is 11.2. The summed E-state index contributed by atoms with van der Waals surface area (Å²) >= 11 is 0. The zero-order chi connectivity index (χ0) is 17.1. The SMILES string of the molecule is COc1c(C(=O)O)ccc2n[nH]c(/C=C/c3ccc(CN)cc3)c12. The highest BCUT2D eigenvalue weighted by atomic mass is 16.5. The summed E-state index contributed by atoms with van der Waals surface area (Å²) in [6.45, 7) is 0.504. The maximum Gasteiger partial charge on any atom is 0.339 e. The number of aromatic carboxylic acids is 1. The minimum absolute atomic E-state index is 0.105. The first-order chi connectivity index (χ1) is 11.6. The fraction of sp³-hybridized carbons (Fsp3) is 0.111. The van der Waals surface area contributed by atoms with Crippen LogP contribution in [0.4, 0.5) is 0 Å². The quantitative estimate of drug-likeness (QED) is 0.670. The monoisotopic (exact) mass is 323 g/mol. The number of carbonyl (C=O) groups is 1. The molecule has 0 bridgehead atoms. The highest BCUT2D eigenvalue weighted by molar-refractivity contribution is 6.02. The van der Waals surface area contributed by atoms with Crippen molar-refractivity contribution in [3.63, 3.8) is 0 Å². The molecule has 0 aliphatic carbocycles. The standard InChI is InChI=1S/C18H17N3O3/c1-24-17-13(18(22)23)7-9-15-16(17)14(20-21-15)8-6-11-2-4-12(10-19)5-3-11/h2-9H,10,19H2,1H3,(H,20,21)(H,22,23)/b8-6+. The van der Waals surface area contributed by atoms with Crippen LogP contribution in [0.1, 0.15) is 27.2 Å². The number of H-pyrrole nitrogens is 1. The van der Waals surface area contributed by atoms with Gasteiger partial charge in [-0.3, -0.25) is 5.10 Å². The number of fused-ring (bicyclic) bond motifs is 1. The third-order valence-corrected chi connectivity index (χ3v) is 3.79. The first-order valence-electron chi connectivity index (χ1n) is 7.39. The van der Waals surface area contributed by atoms with Crippen LogP contribution in [0.2, 0.25) is 0 Å². The number of rotatable bonds is 5. The number of hydrogen-bond donors (Lipinski definition) is 3. The van der Waals surface area contributed by atoms with Crippen LogP contribution in [0.3, 0.4) is 0 Å². The smallest absolute Gasteiger partial charge is 0.339 e. The third-order valence-electron chi connectivity index (χ3n) is 3.79. The number of hydrogen-bond acceptors (Lipinski definition) is 4. The Balaban J connectivity index is 2.04. The van der Waals surface area contributed by atoms with Crippen LogP contribution in [-0.2, 0) is 6.54 Å². The van der Waals surface area contributed by atoms with Gasteiger partial charge >= 0.3 is 5.97 Å². The fourth-order valence-corrected chi connectivity index (χ4v) is 2.55. The lowest BCUT2D eigenvalue weighted by Gasteiger charge is -2.06. The molecule has 0 atom stereocenters. The first kappa shape index (κ1) is 15.8. The van der Waals surface area contributed by atoms with E-state index in [0.29, 0.717) is 28.9 Å². The minimum Gasteiger partial charge on any atom is -0.495 e. The number of methoxy groups -OCH3 is 1. The predicted molar refractivity (Wildman–Crippen MR) is 92.9 cm³/mol. The van der Waals surface area contributed by atoms with Gasteiger partial charge in [0.2, 0.25) is 0 Å². The highest BCUT2D eigenvalue weighted by Crippen LogP contribution is 2.32. The van der Waals surface area contributed by atoms with Crippen molar-refractivity contribution in [2.24, 2.45) is 5.73 Å². The zero-order valence-electron chi connectivity index (χ0n) is 13.1. The molecule has 3 rings (SSSR count). The molecule has 0 aliphatic rings. The van der Waals surface area contributed by atoms with E-state index in [4.69, 9.17) is 10.5 Å². The van der Waals surface area contributed by atoms with E-state index < -0.39 is 5.97 Å². The lowest BCUT2D eigenvalue weighted by atomic mass is 10.1. The Labute approximate surface area is 138 Å². The van der Waals surface area contributed by atoms with E-state index in [1.165, 1.54) is 13.2 Å². The molecule has 6 nitrogen and oxygen atoms in total. The van der Waals surface area contributed by atoms with E-state index in [2.05, 4.69) is 10.2 Å². The number of ether oxygens (including phenoxy) is 1. The summed E-state index contributed by atoms with van der Waals surface area (Å²) in [5.74, 6) is -0.742. The molecule has 0 saturated heterocycles. The van der Waals surface area contributed by atoms with Crippen molar-refractivity contribution in [3.8, 4) is 5.75 Å². The largest absolute Gasteiger partial charge is 0.495 e. The molecule has 0 radical (unpaired) electrons. The van der Waals surface area contributed by atoms with Gasteiger partial charge < -0.3 is 15.6 Å². The maximum atomic E-state index is 11.4. The number of carboxylic acid groups (broad SMARTS) is 1. The Hall–Kier alpha value is -3.12. The van der Waals surface area contributed by atoms with Gasteiger partial charge in [-0.05, 0) is 29.3 Å². The second-order valence-corrected chi connectivity index (χ2v) is 5.26. The number of nitrogens with one attached hydrogen (secondary N) is 1. The van der Waals surface area contributed by atoms with Crippen LogP contribution in [0.25, 0.3) is 23.1 Å². The van der Waals surface area contributed by atoms with Crippen molar-refractivity contribution in [2.75, 3.05) is 7.11 Å². The van der Waals surface area contributed by atoms with Crippen LogP contribution < -0.4 is 10.5 Å². The predicted octanol–water partition coefficient (Wildman–Crippen LogP) is 2.90. The van der Waals surface area contributed by atoms with E-state index in [9.17, 15) is 9.90 Å². The van der Waals surface area contributed by atoms with Gasteiger partial charge in [-0.1, -0.05) is 30.3 Å². The Morgan fingerprint density at radius 1 is 1.25 bits per heavy atom. The summed E-state index contributed by atoms with van der Waals surface area (Å²) < 4.78 is 5.31. The molecule has 1 aromatic heterocycles. The number of carboxylic acids is 1. The average Bonchev–Trinajstić information content (AvgIpc) is 3.02. The van der Waals surface area contributed by atoms with E-state index in [-0.39, 0.29) is 5.56 Å². The van der Waals surface area contributed by atoms with Crippen LogP contribution in [0, 0.1) is 0 Å². The Morgan fingerprint density at radius 2 is 2.00 bits per heavy atom. The van der Waals surface area contributed by atoms with Crippen LogP contribution in [-0.4, -0.2) is 28.4 Å². The van der Waals surface area contributed by atoms with Gasteiger partial charge in [0.25, 0.3) is 0 Å². The molecule has 0 spiro atoms. The summed E-state index contributed by atoms with van der Waals surface area (Å²) in [7, 11) is 1.45. The van der Waals surface area contributed by atoms with Crippen molar-refractivity contribution in [1.82, 2.24) is 10.2 Å². The Morgan fingerprint density at radius 3 is 2.62 bits per heavy atom. The molecular formula is C18H17N3O3. The van der Waals surface area contributed by atoms with E-state index in [1.54, 1.807) is 6.07 Å². The number of aromatic amines is 1.